The van der Waals surface area contributed by atoms with Crippen molar-refractivity contribution in [1.82, 2.24) is 20.5 Å². The Morgan fingerprint density at radius 2 is 1.72 bits per heavy atom. The minimum Gasteiger partial charge on any atom is -0.372 e. The summed E-state index contributed by atoms with van der Waals surface area (Å²) < 4.78 is 46.2. The number of nitrogens with one attached hydrogen (secondary N) is 2. The number of amides is 2. The molecule has 4 rings (SSSR count). The third-order valence-corrected chi connectivity index (χ3v) is 7.80. The van der Waals surface area contributed by atoms with E-state index in [2.05, 4.69) is 15.6 Å². The van der Waals surface area contributed by atoms with Crippen LogP contribution >= 0.6 is 11.6 Å². The van der Waals surface area contributed by atoms with Crippen molar-refractivity contribution in [3.63, 3.8) is 0 Å². The molecule has 2 aromatic carbocycles. The lowest BCUT2D eigenvalue weighted by atomic mass is 9.98. The van der Waals surface area contributed by atoms with E-state index >= 15 is 0 Å². The van der Waals surface area contributed by atoms with E-state index in [1.165, 1.54) is 38.2 Å². The molecule has 9 nitrogen and oxygen atoms in total. The van der Waals surface area contributed by atoms with Gasteiger partial charge in [0.2, 0.25) is 5.91 Å². The molecule has 1 saturated heterocycles. The van der Waals surface area contributed by atoms with Crippen molar-refractivity contribution in [2.75, 3.05) is 13.1 Å². The highest BCUT2D eigenvalue weighted by Gasteiger charge is 2.47. The van der Waals surface area contributed by atoms with Crippen LogP contribution in [0.2, 0.25) is 5.02 Å². The number of Topliss-reactive ketones (excluding diaryl/α,β-unsaturated/α-hetero) is 2. The van der Waals surface area contributed by atoms with E-state index in [4.69, 9.17) is 16.3 Å². The molecule has 1 aromatic heterocycles. The Balaban J connectivity index is 1.62. The lowest BCUT2D eigenvalue weighted by Gasteiger charge is -2.30. The minimum absolute atomic E-state index is 0.0524. The standard InChI is InChI=1S/C33H34ClF3N4O5/c1-20(2)28(30(43)33(35,36)37)40-32(45)27-16-24(46-19-21-9-4-3-5-10-21)17-41(27)18-26(29(42)22-11-8-12-23(34)15-22)39-31(44)25-13-6-7-14-38-25/h3-15,20,24,26-28H,16-19H2,1-2H3,(H,39,44)(H,40,45)/t24-,26+,27+,28+/m1/s1. The first-order valence-corrected chi connectivity index (χ1v) is 15.0. The van der Waals surface area contributed by atoms with Gasteiger partial charge in [-0.25, -0.2) is 0 Å². The molecule has 13 heteroatoms. The van der Waals surface area contributed by atoms with Gasteiger partial charge in [-0.1, -0.05) is 74.0 Å². The molecule has 0 radical (unpaired) electrons. The van der Waals surface area contributed by atoms with Crippen LogP contribution in [-0.2, 0) is 20.9 Å². The topological polar surface area (TPSA) is 118 Å². The molecule has 244 valence electrons. The third-order valence-electron chi connectivity index (χ3n) is 7.57. The van der Waals surface area contributed by atoms with Crippen molar-refractivity contribution in [2.45, 2.75) is 57.3 Å². The summed E-state index contributed by atoms with van der Waals surface area (Å²) in [5.41, 5.74) is 1.12. The Labute approximate surface area is 269 Å². The van der Waals surface area contributed by atoms with Crippen molar-refractivity contribution in [1.29, 1.82) is 0 Å². The van der Waals surface area contributed by atoms with Gasteiger partial charge in [-0.05, 0) is 42.2 Å². The van der Waals surface area contributed by atoms with Crippen LogP contribution in [0.1, 0.15) is 46.7 Å². The number of likely N-dealkylation sites (tertiary alicyclic amines) is 1. The predicted molar refractivity (Wildman–Crippen MR) is 164 cm³/mol. The minimum atomic E-state index is -5.15. The van der Waals surface area contributed by atoms with Gasteiger partial charge in [-0.3, -0.25) is 29.1 Å². The molecule has 0 bridgehead atoms. The second-order valence-corrected chi connectivity index (χ2v) is 11.8. The zero-order valence-corrected chi connectivity index (χ0v) is 25.9. The number of rotatable bonds is 13. The number of ketones is 2. The maximum atomic E-state index is 13.8. The fourth-order valence-corrected chi connectivity index (χ4v) is 5.40. The van der Waals surface area contributed by atoms with Crippen molar-refractivity contribution in [3.8, 4) is 0 Å². The van der Waals surface area contributed by atoms with Crippen LogP contribution in [0.5, 0.6) is 0 Å². The number of benzene rings is 2. The normalized spacial score (nSPS) is 18.2. The Bertz CT molecular complexity index is 1520. The summed E-state index contributed by atoms with van der Waals surface area (Å²) in [5, 5.41) is 5.28. The molecule has 0 spiro atoms. The lowest BCUT2D eigenvalue weighted by Crippen LogP contribution is -2.56. The summed E-state index contributed by atoms with van der Waals surface area (Å²) in [6, 6.07) is 16.0. The van der Waals surface area contributed by atoms with Gasteiger partial charge in [0.25, 0.3) is 11.7 Å². The molecule has 0 saturated carbocycles. The maximum Gasteiger partial charge on any atom is 0.452 e. The first kappa shape index (κ1) is 34.7. The number of hydrogen-bond acceptors (Lipinski definition) is 7. The summed E-state index contributed by atoms with van der Waals surface area (Å²) in [7, 11) is 0. The summed E-state index contributed by atoms with van der Waals surface area (Å²) in [5.74, 6) is -4.89. The molecule has 4 atom stereocenters. The monoisotopic (exact) mass is 658 g/mol. The molecule has 2 heterocycles. The number of carbonyl (C=O) groups excluding carboxylic acids is 4. The van der Waals surface area contributed by atoms with Crippen molar-refractivity contribution in [2.24, 2.45) is 5.92 Å². The van der Waals surface area contributed by atoms with Crippen LogP contribution in [0.3, 0.4) is 0 Å². The smallest absolute Gasteiger partial charge is 0.372 e. The van der Waals surface area contributed by atoms with Crippen LogP contribution in [0, 0.1) is 5.92 Å². The Hall–Kier alpha value is -4.13. The van der Waals surface area contributed by atoms with Gasteiger partial charge in [0, 0.05) is 29.9 Å². The molecular weight excluding hydrogens is 625 g/mol. The molecule has 0 unspecified atom stereocenters. The first-order valence-electron chi connectivity index (χ1n) is 14.7. The van der Waals surface area contributed by atoms with Crippen molar-refractivity contribution >= 4 is 35.0 Å². The summed E-state index contributed by atoms with van der Waals surface area (Å²) >= 11 is 6.13. The number of halogens is 4. The highest BCUT2D eigenvalue weighted by atomic mass is 35.5. The molecule has 46 heavy (non-hydrogen) atoms. The van der Waals surface area contributed by atoms with Gasteiger partial charge in [-0.2, -0.15) is 13.2 Å². The number of nitrogens with zero attached hydrogens (tertiary/aromatic N) is 2. The van der Waals surface area contributed by atoms with E-state index in [-0.39, 0.29) is 37.4 Å². The van der Waals surface area contributed by atoms with Gasteiger partial charge < -0.3 is 15.4 Å². The average Bonchev–Trinajstić information content (AvgIpc) is 3.44. The Morgan fingerprint density at radius 3 is 2.35 bits per heavy atom. The molecular formula is C33H34ClF3N4O5. The van der Waals surface area contributed by atoms with E-state index in [1.54, 1.807) is 29.2 Å². The number of ether oxygens (including phenoxy) is 1. The predicted octanol–water partition coefficient (Wildman–Crippen LogP) is 4.65. The SMILES string of the molecule is CC(C)[C@H](NC(=O)[C@@H]1C[C@@H](OCc2ccccc2)CN1C[C@H](NC(=O)c1ccccn1)C(=O)c1cccc(Cl)c1)C(=O)C(F)(F)F. The number of pyridine rings is 1. The first-order chi connectivity index (χ1) is 21.8. The number of aromatic nitrogens is 1. The highest BCUT2D eigenvalue weighted by Crippen LogP contribution is 2.26. The van der Waals surface area contributed by atoms with E-state index in [0.29, 0.717) is 5.02 Å². The Kier molecular flexibility index (Phi) is 11.7. The lowest BCUT2D eigenvalue weighted by molar-refractivity contribution is -0.175. The summed E-state index contributed by atoms with van der Waals surface area (Å²) in [4.78, 5) is 58.3. The summed E-state index contributed by atoms with van der Waals surface area (Å²) in [6.45, 7) is 2.92. The number of hydrogen-bond donors (Lipinski definition) is 2. The van der Waals surface area contributed by atoms with Gasteiger partial charge in [0.1, 0.15) is 11.7 Å². The molecule has 3 aromatic rings. The molecule has 1 aliphatic rings. The fraction of sp³-hybridized carbons (Fsp3) is 0.364. The van der Waals surface area contributed by atoms with E-state index in [1.807, 2.05) is 30.3 Å². The molecule has 2 amide bonds. The fourth-order valence-electron chi connectivity index (χ4n) is 5.21. The van der Waals surface area contributed by atoms with Gasteiger partial charge in [-0.15, -0.1) is 0 Å². The largest absolute Gasteiger partial charge is 0.452 e. The van der Waals surface area contributed by atoms with Crippen molar-refractivity contribution in [3.05, 3.63) is 101 Å². The highest BCUT2D eigenvalue weighted by molar-refractivity contribution is 6.31. The Morgan fingerprint density at radius 1 is 1.00 bits per heavy atom. The van der Waals surface area contributed by atoms with E-state index < -0.39 is 59.7 Å². The maximum absolute atomic E-state index is 13.8. The zero-order chi connectivity index (χ0) is 33.4. The second kappa shape index (κ2) is 15.4. The molecule has 1 aliphatic heterocycles. The van der Waals surface area contributed by atoms with Crippen molar-refractivity contribution < 1.29 is 37.1 Å². The molecule has 2 N–H and O–H groups in total. The van der Waals surface area contributed by atoms with E-state index in [9.17, 15) is 32.3 Å². The zero-order valence-electron chi connectivity index (χ0n) is 25.2. The van der Waals surface area contributed by atoms with Crippen LogP contribution in [0.4, 0.5) is 13.2 Å². The van der Waals surface area contributed by atoms with Crippen LogP contribution in [0.25, 0.3) is 0 Å². The van der Waals surface area contributed by atoms with Crippen LogP contribution in [0.15, 0.2) is 79.0 Å². The van der Waals surface area contributed by atoms with Gasteiger partial charge >= 0.3 is 6.18 Å². The quantitative estimate of drug-likeness (QED) is 0.257. The average molecular weight is 659 g/mol. The number of carbonyl (C=O) groups is 4. The van der Waals surface area contributed by atoms with Crippen LogP contribution < -0.4 is 10.6 Å². The van der Waals surface area contributed by atoms with Crippen LogP contribution in [-0.4, -0.2) is 76.8 Å². The summed E-state index contributed by atoms with van der Waals surface area (Å²) in [6.07, 6.45) is -4.22. The third kappa shape index (κ3) is 9.21. The molecule has 1 fully saturated rings. The van der Waals surface area contributed by atoms with E-state index in [0.717, 1.165) is 5.56 Å². The molecule has 0 aliphatic carbocycles. The second-order valence-electron chi connectivity index (χ2n) is 11.3. The van der Waals surface area contributed by atoms with Gasteiger partial charge in [0.15, 0.2) is 5.78 Å². The van der Waals surface area contributed by atoms with Gasteiger partial charge in [0.05, 0.1) is 24.8 Å². The number of alkyl halides is 3.